The SMILES string of the molecule is CN1CCN(C(=O)c2ccc(Nc3ncc(C(F)(F)F)c(N[C@@H]4C[C@@H]5CC[C@H]4C5)n3)cc2)CC1. The number of carbonyl (C=O) groups excluding carboxylic acids is 1. The van der Waals surface area contributed by atoms with Gasteiger partial charge < -0.3 is 20.4 Å². The highest BCUT2D eigenvalue weighted by atomic mass is 19.4. The first kappa shape index (κ1) is 22.9. The molecular weight excluding hydrogens is 445 g/mol. The Morgan fingerprint density at radius 3 is 2.41 bits per heavy atom. The van der Waals surface area contributed by atoms with Crippen LogP contribution in [0.4, 0.5) is 30.6 Å². The molecule has 2 N–H and O–H groups in total. The van der Waals surface area contributed by atoms with E-state index in [1.54, 1.807) is 24.3 Å². The highest BCUT2D eigenvalue weighted by Gasteiger charge is 2.42. The van der Waals surface area contributed by atoms with E-state index in [-0.39, 0.29) is 23.7 Å². The number of aromatic nitrogens is 2. The zero-order chi connectivity index (χ0) is 23.9. The minimum absolute atomic E-state index is 0.0162. The maximum absolute atomic E-state index is 13.6. The number of halogens is 3. The van der Waals surface area contributed by atoms with Crippen molar-refractivity contribution in [2.24, 2.45) is 11.8 Å². The Hall–Kier alpha value is -2.88. The molecule has 2 bridgehead atoms. The van der Waals surface area contributed by atoms with Gasteiger partial charge in [0.05, 0.1) is 0 Å². The van der Waals surface area contributed by atoms with Gasteiger partial charge in [0.1, 0.15) is 11.4 Å². The first-order valence-corrected chi connectivity index (χ1v) is 11.8. The number of piperazine rings is 1. The Morgan fingerprint density at radius 1 is 1.06 bits per heavy atom. The lowest BCUT2D eigenvalue weighted by atomic mass is 9.95. The number of anilines is 3. The quantitative estimate of drug-likeness (QED) is 0.676. The number of hydrogen-bond acceptors (Lipinski definition) is 6. The molecule has 7 nitrogen and oxygen atoms in total. The molecule has 3 atom stereocenters. The zero-order valence-electron chi connectivity index (χ0n) is 19.1. The van der Waals surface area contributed by atoms with Gasteiger partial charge in [0.25, 0.3) is 5.91 Å². The van der Waals surface area contributed by atoms with E-state index in [2.05, 4.69) is 25.5 Å². The van der Waals surface area contributed by atoms with Crippen molar-refractivity contribution in [3.8, 4) is 0 Å². The first-order chi connectivity index (χ1) is 16.3. The normalized spacial score (nSPS) is 24.9. The summed E-state index contributed by atoms with van der Waals surface area (Å²) in [6, 6.07) is 6.87. The molecule has 0 spiro atoms. The van der Waals surface area contributed by atoms with Crippen LogP contribution in [0.2, 0.25) is 0 Å². The van der Waals surface area contributed by atoms with Crippen LogP contribution in [0.15, 0.2) is 30.5 Å². The van der Waals surface area contributed by atoms with E-state index >= 15 is 0 Å². The van der Waals surface area contributed by atoms with Crippen molar-refractivity contribution in [1.29, 1.82) is 0 Å². The summed E-state index contributed by atoms with van der Waals surface area (Å²) in [5.41, 5.74) is 0.316. The molecule has 3 aliphatic rings. The predicted molar refractivity (Wildman–Crippen MR) is 123 cm³/mol. The van der Waals surface area contributed by atoms with Crippen molar-refractivity contribution in [2.75, 3.05) is 43.9 Å². The van der Waals surface area contributed by atoms with Crippen molar-refractivity contribution < 1.29 is 18.0 Å². The number of amides is 1. The fraction of sp³-hybridized carbons (Fsp3) is 0.542. The van der Waals surface area contributed by atoms with Gasteiger partial charge in [0.15, 0.2) is 0 Å². The second kappa shape index (κ2) is 9.05. The molecule has 3 fully saturated rings. The Morgan fingerprint density at radius 2 is 1.79 bits per heavy atom. The number of carbonyl (C=O) groups is 1. The molecule has 1 aromatic heterocycles. The summed E-state index contributed by atoms with van der Waals surface area (Å²) in [7, 11) is 2.03. The average molecular weight is 475 g/mol. The van der Waals surface area contributed by atoms with Gasteiger partial charge in [-0.1, -0.05) is 6.42 Å². The maximum atomic E-state index is 13.6. The number of fused-ring (bicyclic) bond motifs is 2. The third-order valence-electron chi connectivity index (χ3n) is 7.33. The molecule has 2 aliphatic carbocycles. The molecule has 0 unspecified atom stereocenters. The van der Waals surface area contributed by atoms with Crippen LogP contribution in [-0.2, 0) is 6.18 Å². The lowest BCUT2D eigenvalue weighted by Crippen LogP contribution is -2.47. The van der Waals surface area contributed by atoms with E-state index in [0.29, 0.717) is 36.2 Å². The topological polar surface area (TPSA) is 73.4 Å². The van der Waals surface area contributed by atoms with E-state index in [4.69, 9.17) is 0 Å². The molecule has 2 saturated carbocycles. The van der Waals surface area contributed by atoms with Crippen LogP contribution < -0.4 is 10.6 Å². The third kappa shape index (κ3) is 4.82. The molecule has 1 amide bonds. The number of rotatable bonds is 5. The van der Waals surface area contributed by atoms with Crippen molar-refractivity contribution >= 4 is 23.4 Å². The minimum atomic E-state index is -4.54. The van der Waals surface area contributed by atoms with Crippen molar-refractivity contribution in [2.45, 2.75) is 37.9 Å². The Bertz CT molecular complexity index is 1040. The second-order valence-corrected chi connectivity index (χ2v) is 9.68. The molecular formula is C24H29F3N6O. The molecule has 0 radical (unpaired) electrons. The Kier molecular flexibility index (Phi) is 6.09. The standard InChI is InChI=1S/C24H29F3N6O/c1-32-8-10-33(11-9-32)22(34)16-4-6-18(7-5-16)29-23-28-14-19(24(25,26)27)21(31-23)30-20-13-15-2-3-17(20)12-15/h4-7,14-15,17,20H,2-3,8-13H2,1H3,(H2,28,29,30,31)/t15-,17+,20-/m1/s1. The van der Waals surface area contributed by atoms with Gasteiger partial charge in [0.2, 0.25) is 5.95 Å². The van der Waals surface area contributed by atoms with Gasteiger partial charge in [-0.25, -0.2) is 4.98 Å². The summed E-state index contributed by atoms with van der Waals surface area (Å²) in [5.74, 6) is 0.884. The van der Waals surface area contributed by atoms with Gasteiger partial charge in [-0.05, 0) is 62.4 Å². The summed E-state index contributed by atoms with van der Waals surface area (Å²) in [6.45, 7) is 3.06. The van der Waals surface area contributed by atoms with E-state index in [1.807, 2.05) is 11.9 Å². The van der Waals surface area contributed by atoms with Crippen molar-refractivity contribution in [1.82, 2.24) is 19.8 Å². The van der Waals surface area contributed by atoms with E-state index < -0.39 is 11.7 Å². The summed E-state index contributed by atoms with van der Waals surface area (Å²) in [5, 5.41) is 6.04. The second-order valence-electron chi connectivity index (χ2n) is 9.68. The fourth-order valence-corrected chi connectivity index (χ4v) is 5.37. The van der Waals surface area contributed by atoms with Gasteiger partial charge in [-0.3, -0.25) is 4.79 Å². The van der Waals surface area contributed by atoms with E-state index in [0.717, 1.165) is 38.5 Å². The molecule has 2 aromatic rings. The molecule has 5 rings (SSSR count). The summed E-state index contributed by atoms with van der Waals surface area (Å²) >= 11 is 0. The van der Waals surface area contributed by atoms with E-state index in [9.17, 15) is 18.0 Å². The van der Waals surface area contributed by atoms with Crippen molar-refractivity contribution in [3.05, 3.63) is 41.6 Å². The minimum Gasteiger partial charge on any atom is -0.366 e. The summed E-state index contributed by atoms with van der Waals surface area (Å²) in [6.07, 6.45) is 0.476. The molecule has 10 heteroatoms. The highest BCUT2D eigenvalue weighted by Crippen LogP contribution is 2.46. The summed E-state index contributed by atoms with van der Waals surface area (Å²) < 4.78 is 40.8. The highest BCUT2D eigenvalue weighted by molar-refractivity contribution is 5.94. The van der Waals surface area contributed by atoms with Crippen LogP contribution in [0.5, 0.6) is 0 Å². The Balaban J connectivity index is 1.29. The predicted octanol–water partition coefficient (Wildman–Crippen LogP) is 4.23. The molecule has 1 aliphatic heterocycles. The average Bonchev–Trinajstić information content (AvgIpc) is 3.42. The number of benzene rings is 1. The first-order valence-electron chi connectivity index (χ1n) is 11.8. The van der Waals surface area contributed by atoms with Crippen molar-refractivity contribution in [3.63, 3.8) is 0 Å². The molecule has 182 valence electrons. The van der Waals surface area contributed by atoms with Crippen LogP contribution in [-0.4, -0.2) is 64.9 Å². The van der Waals surface area contributed by atoms with Crippen LogP contribution in [0.3, 0.4) is 0 Å². The van der Waals surface area contributed by atoms with E-state index in [1.165, 1.54) is 6.42 Å². The Labute approximate surface area is 196 Å². The third-order valence-corrected chi connectivity index (χ3v) is 7.33. The number of alkyl halides is 3. The van der Waals surface area contributed by atoms with Gasteiger partial charge in [-0.15, -0.1) is 0 Å². The molecule has 34 heavy (non-hydrogen) atoms. The summed E-state index contributed by atoms with van der Waals surface area (Å²) in [4.78, 5) is 24.8. The maximum Gasteiger partial charge on any atom is 0.421 e. The number of nitrogens with zero attached hydrogens (tertiary/aromatic N) is 4. The zero-order valence-corrected chi connectivity index (χ0v) is 19.1. The van der Waals surface area contributed by atoms with Crippen LogP contribution >= 0.6 is 0 Å². The van der Waals surface area contributed by atoms with Gasteiger partial charge in [0, 0.05) is 49.7 Å². The van der Waals surface area contributed by atoms with Crippen LogP contribution in [0.25, 0.3) is 0 Å². The molecule has 2 heterocycles. The largest absolute Gasteiger partial charge is 0.421 e. The van der Waals surface area contributed by atoms with Crippen LogP contribution in [0, 0.1) is 11.8 Å². The lowest BCUT2D eigenvalue weighted by molar-refractivity contribution is -0.137. The molecule has 1 aromatic carbocycles. The number of likely N-dealkylation sites (N-methyl/N-ethyl adjacent to an activating group) is 1. The van der Waals surface area contributed by atoms with Gasteiger partial charge in [-0.2, -0.15) is 18.2 Å². The fourth-order valence-electron chi connectivity index (χ4n) is 5.37. The number of nitrogens with one attached hydrogen (secondary N) is 2. The van der Waals surface area contributed by atoms with Gasteiger partial charge >= 0.3 is 6.18 Å². The monoisotopic (exact) mass is 474 g/mol. The number of hydrogen-bond donors (Lipinski definition) is 2. The lowest BCUT2D eigenvalue weighted by Gasteiger charge is -2.32. The molecule has 1 saturated heterocycles. The smallest absolute Gasteiger partial charge is 0.366 e. The van der Waals surface area contributed by atoms with Crippen LogP contribution in [0.1, 0.15) is 41.6 Å².